The summed E-state index contributed by atoms with van der Waals surface area (Å²) in [5.41, 5.74) is 3.30. The Labute approximate surface area is 184 Å². The number of benzene rings is 1. The molecule has 1 saturated heterocycles. The van der Waals surface area contributed by atoms with Gasteiger partial charge in [0.05, 0.1) is 29.5 Å². The SMILES string of the molecule is CC1CN(Cc2ccc(CNC(=O)NCc3csc(C(C)(C)C)n3)cc2)CC(C)O1. The van der Waals surface area contributed by atoms with Crippen molar-refractivity contribution in [3.8, 4) is 0 Å². The topological polar surface area (TPSA) is 66.5 Å². The van der Waals surface area contributed by atoms with E-state index < -0.39 is 0 Å². The molecule has 0 radical (unpaired) electrons. The van der Waals surface area contributed by atoms with Crippen LogP contribution in [0.4, 0.5) is 4.79 Å². The highest BCUT2D eigenvalue weighted by atomic mass is 32.1. The summed E-state index contributed by atoms with van der Waals surface area (Å²) in [6, 6.07) is 8.27. The Morgan fingerprint density at radius 2 is 1.70 bits per heavy atom. The number of ether oxygens (including phenoxy) is 1. The molecule has 0 bridgehead atoms. The zero-order chi connectivity index (χ0) is 21.7. The molecule has 6 nitrogen and oxygen atoms in total. The van der Waals surface area contributed by atoms with Gasteiger partial charge in [-0.3, -0.25) is 4.90 Å². The highest BCUT2D eigenvalue weighted by Gasteiger charge is 2.22. The lowest BCUT2D eigenvalue weighted by Crippen LogP contribution is -2.44. The van der Waals surface area contributed by atoms with Gasteiger partial charge < -0.3 is 15.4 Å². The van der Waals surface area contributed by atoms with Crippen LogP contribution in [0.5, 0.6) is 0 Å². The Balaban J connectivity index is 1.41. The van der Waals surface area contributed by atoms with Gasteiger partial charge in [0.2, 0.25) is 0 Å². The summed E-state index contributed by atoms with van der Waals surface area (Å²) in [6.07, 6.45) is 0.556. The summed E-state index contributed by atoms with van der Waals surface area (Å²) in [4.78, 5) is 19.2. The van der Waals surface area contributed by atoms with Crippen molar-refractivity contribution in [2.45, 2.75) is 71.9 Å². The summed E-state index contributed by atoms with van der Waals surface area (Å²) in [5, 5.41) is 8.89. The molecule has 2 N–H and O–H groups in total. The number of amides is 2. The van der Waals surface area contributed by atoms with Gasteiger partial charge in [0, 0.05) is 37.0 Å². The fourth-order valence-corrected chi connectivity index (χ4v) is 4.49. The average Bonchev–Trinajstić information content (AvgIpc) is 3.14. The number of morpholine rings is 1. The van der Waals surface area contributed by atoms with Gasteiger partial charge in [-0.15, -0.1) is 11.3 Å². The number of thiazole rings is 1. The molecule has 0 saturated carbocycles. The number of hydrogen-bond acceptors (Lipinski definition) is 5. The van der Waals surface area contributed by atoms with E-state index in [9.17, 15) is 4.79 Å². The summed E-state index contributed by atoms with van der Waals surface area (Å²) in [6.45, 7) is 14.5. The van der Waals surface area contributed by atoms with Crippen LogP contribution in [0.2, 0.25) is 0 Å². The molecule has 30 heavy (non-hydrogen) atoms. The van der Waals surface area contributed by atoms with E-state index in [0.717, 1.165) is 35.9 Å². The van der Waals surface area contributed by atoms with E-state index in [4.69, 9.17) is 4.74 Å². The molecule has 2 atom stereocenters. The molecule has 1 fully saturated rings. The summed E-state index contributed by atoms with van der Waals surface area (Å²) in [5.74, 6) is 0. The minimum absolute atomic E-state index is 0.0373. The zero-order valence-electron chi connectivity index (χ0n) is 18.7. The Morgan fingerprint density at radius 1 is 1.10 bits per heavy atom. The van der Waals surface area contributed by atoms with E-state index in [-0.39, 0.29) is 23.7 Å². The van der Waals surface area contributed by atoms with Crippen LogP contribution in [0.1, 0.15) is 56.4 Å². The van der Waals surface area contributed by atoms with Crippen molar-refractivity contribution in [2.75, 3.05) is 13.1 Å². The van der Waals surface area contributed by atoms with E-state index in [1.807, 2.05) is 5.38 Å². The quantitative estimate of drug-likeness (QED) is 0.726. The highest BCUT2D eigenvalue weighted by molar-refractivity contribution is 7.09. The van der Waals surface area contributed by atoms with E-state index in [1.54, 1.807) is 11.3 Å². The van der Waals surface area contributed by atoms with Crippen LogP contribution in [-0.4, -0.2) is 41.2 Å². The summed E-state index contributed by atoms with van der Waals surface area (Å²) in [7, 11) is 0. The second kappa shape index (κ2) is 9.90. The molecule has 1 aromatic heterocycles. The Bertz CT molecular complexity index is 818. The molecular weight excluding hydrogens is 396 g/mol. The monoisotopic (exact) mass is 430 g/mol. The van der Waals surface area contributed by atoms with E-state index in [0.29, 0.717) is 13.1 Å². The zero-order valence-corrected chi connectivity index (χ0v) is 19.5. The minimum Gasteiger partial charge on any atom is -0.373 e. The number of carbonyl (C=O) groups excluding carboxylic acids is 1. The van der Waals surface area contributed by atoms with E-state index >= 15 is 0 Å². The number of urea groups is 1. The minimum atomic E-state index is -0.180. The van der Waals surface area contributed by atoms with Gasteiger partial charge >= 0.3 is 6.03 Å². The van der Waals surface area contributed by atoms with Crippen molar-refractivity contribution in [3.05, 3.63) is 51.5 Å². The molecule has 3 rings (SSSR count). The molecule has 2 heterocycles. The summed E-state index contributed by atoms with van der Waals surface area (Å²) >= 11 is 1.64. The number of nitrogens with zero attached hydrogens (tertiary/aromatic N) is 2. The first kappa shape index (κ1) is 22.7. The van der Waals surface area contributed by atoms with E-state index in [1.165, 1.54) is 5.56 Å². The van der Waals surface area contributed by atoms with Gasteiger partial charge in [0.15, 0.2) is 0 Å². The predicted octanol–water partition coefficient (Wildman–Crippen LogP) is 4.05. The molecule has 7 heteroatoms. The molecule has 1 aliphatic heterocycles. The van der Waals surface area contributed by atoms with Gasteiger partial charge in [0.1, 0.15) is 0 Å². The molecule has 164 valence electrons. The number of carbonyl (C=O) groups is 1. The van der Waals surface area contributed by atoms with Crippen LogP contribution >= 0.6 is 11.3 Å². The van der Waals surface area contributed by atoms with Crippen LogP contribution in [0.15, 0.2) is 29.6 Å². The van der Waals surface area contributed by atoms with Gasteiger partial charge in [0.25, 0.3) is 0 Å². The maximum Gasteiger partial charge on any atom is 0.315 e. The molecule has 2 amide bonds. The highest BCUT2D eigenvalue weighted by Crippen LogP contribution is 2.25. The van der Waals surface area contributed by atoms with Gasteiger partial charge in [-0.1, -0.05) is 45.0 Å². The molecule has 1 aromatic carbocycles. The normalized spacial score (nSPS) is 20.2. The molecule has 2 aromatic rings. The van der Waals surface area contributed by atoms with E-state index in [2.05, 4.69) is 79.4 Å². The van der Waals surface area contributed by atoms with Crippen molar-refractivity contribution in [3.63, 3.8) is 0 Å². The largest absolute Gasteiger partial charge is 0.373 e. The third kappa shape index (κ3) is 6.79. The smallest absolute Gasteiger partial charge is 0.315 e. The van der Waals surface area contributed by atoms with Crippen molar-refractivity contribution in [1.82, 2.24) is 20.5 Å². The van der Waals surface area contributed by atoms with Crippen molar-refractivity contribution in [2.24, 2.45) is 0 Å². The van der Waals surface area contributed by atoms with Crippen molar-refractivity contribution in [1.29, 1.82) is 0 Å². The first-order valence-electron chi connectivity index (χ1n) is 10.6. The maximum atomic E-state index is 12.1. The maximum absolute atomic E-state index is 12.1. The van der Waals surface area contributed by atoms with Crippen LogP contribution in [0.25, 0.3) is 0 Å². The average molecular weight is 431 g/mol. The Kier molecular flexibility index (Phi) is 7.50. The fraction of sp³-hybridized carbons (Fsp3) is 0.565. The van der Waals surface area contributed by atoms with Crippen LogP contribution < -0.4 is 10.6 Å². The third-order valence-corrected chi connectivity index (χ3v) is 6.32. The number of rotatable bonds is 6. The number of hydrogen-bond donors (Lipinski definition) is 2. The van der Waals surface area contributed by atoms with Crippen molar-refractivity contribution >= 4 is 17.4 Å². The molecule has 0 spiro atoms. The van der Waals surface area contributed by atoms with Crippen LogP contribution in [0.3, 0.4) is 0 Å². The van der Waals surface area contributed by atoms with Crippen LogP contribution in [-0.2, 0) is 29.8 Å². The fourth-order valence-electron chi connectivity index (χ4n) is 3.58. The summed E-state index contributed by atoms with van der Waals surface area (Å²) < 4.78 is 5.80. The third-order valence-electron chi connectivity index (χ3n) is 5.00. The second-order valence-corrected chi connectivity index (χ2v) is 10.1. The van der Waals surface area contributed by atoms with Gasteiger partial charge in [-0.25, -0.2) is 9.78 Å². The van der Waals surface area contributed by atoms with Crippen LogP contribution in [0, 0.1) is 0 Å². The van der Waals surface area contributed by atoms with Crippen molar-refractivity contribution < 1.29 is 9.53 Å². The molecule has 0 aliphatic carbocycles. The Morgan fingerprint density at radius 3 is 2.30 bits per heavy atom. The Hall–Kier alpha value is -1.96. The van der Waals surface area contributed by atoms with Gasteiger partial charge in [-0.05, 0) is 25.0 Å². The van der Waals surface area contributed by atoms with Gasteiger partial charge in [-0.2, -0.15) is 0 Å². The number of aromatic nitrogens is 1. The standard InChI is InChI=1S/C23H34N4O2S/c1-16-12-27(13-17(2)29-16)14-19-8-6-18(7-9-19)10-24-22(28)25-11-20-15-30-21(26-20)23(3,4)5/h6-9,15-17H,10-14H2,1-5H3,(H2,24,25,28). The molecule has 1 aliphatic rings. The number of nitrogens with one attached hydrogen (secondary N) is 2. The lowest BCUT2D eigenvalue weighted by atomic mass is 9.98. The first-order valence-corrected chi connectivity index (χ1v) is 11.5. The lowest BCUT2D eigenvalue weighted by Gasteiger charge is -2.35. The molecular formula is C23H34N4O2S. The molecule has 2 unspecified atom stereocenters. The lowest BCUT2D eigenvalue weighted by molar-refractivity contribution is -0.0704. The predicted molar refractivity (Wildman–Crippen MR) is 122 cm³/mol. The second-order valence-electron chi connectivity index (χ2n) is 9.20. The first-order chi connectivity index (χ1) is 14.2.